The summed E-state index contributed by atoms with van der Waals surface area (Å²) in [7, 11) is 1.47. The number of benzene rings is 3. The van der Waals surface area contributed by atoms with Gasteiger partial charge in [0.1, 0.15) is 17.5 Å². The molecule has 0 saturated heterocycles. The van der Waals surface area contributed by atoms with E-state index in [1.165, 1.54) is 25.0 Å². The molecule has 0 radical (unpaired) electrons. The lowest BCUT2D eigenvalue weighted by Crippen LogP contribution is -2.37. The van der Waals surface area contributed by atoms with Crippen LogP contribution in [0.4, 0.5) is 24.5 Å². The molecule has 2 atom stereocenters. The average Bonchev–Trinajstić information content (AvgIpc) is 3.33. The van der Waals surface area contributed by atoms with E-state index in [0.29, 0.717) is 39.8 Å². The van der Waals surface area contributed by atoms with Crippen molar-refractivity contribution in [2.45, 2.75) is 38.9 Å². The Morgan fingerprint density at radius 1 is 1.10 bits per heavy atom. The van der Waals surface area contributed by atoms with E-state index in [1.54, 1.807) is 49.4 Å². The molecule has 1 aliphatic rings. The van der Waals surface area contributed by atoms with Crippen molar-refractivity contribution in [1.29, 1.82) is 0 Å². The number of nitrogens with one attached hydrogen (secondary N) is 1. The fourth-order valence-electron chi connectivity index (χ4n) is 4.69. The van der Waals surface area contributed by atoms with Crippen molar-refractivity contribution in [3.8, 4) is 11.5 Å². The first-order valence-electron chi connectivity index (χ1n) is 13.0. The maximum absolute atomic E-state index is 14.0. The van der Waals surface area contributed by atoms with Gasteiger partial charge in [0.05, 0.1) is 25.2 Å². The molecule has 218 valence electrons. The number of carbonyl (C=O) groups is 2. The van der Waals surface area contributed by atoms with Crippen LogP contribution in [0.2, 0.25) is 5.02 Å². The van der Waals surface area contributed by atoms with Gasteiger partial charge in [0.25, 0.3) is 5.91 Å². The number of ether oxygens (including phenoxy) is 2. The molecule has 7 nitrogen and oxygen atoms in total. The molecule has 0 spiro atoms. The van der Waals surface area contributed by atoms with Gasteiger partial charge in [0, 0.05) is 41.1 Å². The van der Waals surface area contributed by atoms with Gasteiger partial charge in [0.15, 0.2) is 0 Å². The van der Waals surface area contributed by atoms with E-state index in [4.69, 9.17) is 26.2 Å². The first kappa shape index (κ1) is 30.0. The van der Waals surface area contributed by atoms with Crippen LogP contribution in [0, 0.1) is 12.8 Å². The second-order valence-electron chi connectivity index (χ2n) is 9.94. The molecule has 3 aromatic carbocycles. The van der Waals surface area contributed by atoms with Gasteiger partial charge in [-0.1, -0.05) is 36.7 Å². The number of aryl methyl sites for hydroxylation is 1. The third-order valence-electron chi connectivity index (χ3n) is 7.01. The number of alkyl halides is 3. The number of carbonyl (C=O) groups excluding carboxylic acids is 1. The largest absolute Gasteiger partial charge is 0.497 e. The zero-order chi connectivity index (χ0) is 29.9. The molecule has 4 rings (SSSR count). The number of rotatable bonds is 10. The van der Waals surface area contributed by atoms with Crippen molar-refractivity contribution in [2.24, 2.45) is 5.92 Å². The third-order valence-corrected chi connectivity index (χ3v) is 7.26. The summed E-state index contributed by atoms with van der Waals surface area (Å²) in [6.45, 7) is 3.37. The molecule has 0 aliphatic carbocycles. The summed E-state index contributed by atoms with van der Waals surface area (Å²) in [6, 6.07) is 13.1. The Labute approximate surface area is 240 Å². The molecule has 11 heteroatoms. The summed E-state index contributed by atoms with van der Waals surface area (Å²) in [4.78, 5) is 26.5. The Morgan fingerprint density at radius 3 is 2.41 bits per heavy atom. The zero-order valence-corrected chi connectivity index (χ0v) is 23.5. The highest BCUT2D eigenvalue weighted by atomic mass is 35.5. The monoisotopic (exact) mass is 590 g/mol. The molecule has 0 aromatic heterocycles. The van der Waals surface area contributed by atoms with Crippen LogP contribution in [0.3, 0.4) is 0 Å². The first-order valence-corrected chi connectivity index (χ1v) is 13.3. The van der Waals surface area contributed by atoms with Crippen LogP contribution >= 0.6 is 11.6 Å². The van der Waals surface area contributed by atoms with E-state index in [2.05, 4.69) is 5.32 Å². The van der Waals surface area contributed by atoms with E-state index < -0.39 is 35.6 Å². The number of hydrogen-bond acceptors (Lipinski definition) is 5. The maximum atomic E-state index is 14.0. The van der Waals surface area contributed by atoms with Crippen LogP contribution < -0.4 is 19.7 Å². The molecule has 1 amide bonds. The number of carboxylic acid groups (broad SMARTS) is 1. The normalized spacial score (nSPS) is 14.3. The van der Waals surface area contributed by atoms with Gasteiger partial charge < -0.3 is 24.8 Å². The molecular weight excluding hydrogens is 561 g/mol. The summed E-state index contributed by atoms with van der Waals surface area (Å²) in [6.07, 6.45) is -3.84. The van der Waals surface area contributed by atoms with Gasteiger partial charge >= 0.3 is 12.1 Å². The molecule has 0 bridgehead atoms. The van der Waals surface area contributed by atoms with Crippen LogP contribution in [0.5, 0.6) is 11.5 Å². The Bertz CT molecular complexity index is 1430. The van der Waals surface area contributed by atoms with Gasteiger partial charge in [-0.15, -0.1) is 0 Å². The van der Waals surface area contributed by atoms with Crippen LogP contribution in [-0.2, 0) is 22.2 Å². The highest BCUT2D eigenvalue weighted by Crippen LogP contribution is 2.40. The summed E-state index contributed by atoms with van der Waals surface area (Å²) >= 11 is 6.08. The molecule has 2 N–H and O–H groups in total. The van der Waals surface area contributed by atoms with Crippen molar-refractivity contribution in [3.05, 3.63) is 81.9 Å². The lowest BCUT2D eigenvalue weighted by atomic mass is 10.0. The van der Waals surface area contributed by atoms with Gasteiger partial charge in [-0.05, 0) is 54.7 Å². The zero-order valence-electron chi connectivity index (χ0n) is 22.7. The Morgan fingerprint density at radius 2 is 1.78 bits per heavy atom. The van der Waals surface area contributed by atoms with Crippen molar-refractivity contribution < 1.29 is 37.3 Å². The molecule has 3 aromatic rings. The quantitative estimate of drug-likeness (QED) is 0.267. The number of carboxylic acids is 1. The fraction of sp³-hybridized carbons (Fsp3) is 0.333. The van der Waals surface area contributed by atoms with Gasteiger partial charge in [-0.3, -0.25) is 9.59 Å². The topological polar surface area (TPSA) is 88.1 Å². The van der Waals surface area contributed by atoms with Crippen LogP contribution in [-0.4, -0.2) is 37.2 Å². The Hall–Kier alpha value is -3.92. The third kappa shape index (κ3) is 7.05. The number of fused-ring (bicyclic) bond motifs is 1. The van der Waals surface area contributed by atoms with Gasteiger partial charge in [-0.25, -0.2) is 0 Å². The summed E-state index contributed by atoms with van der Waals surface area (Å²) in [5.74, 6) is -1.13. The van der Waals surface area contributed by atoms with E-state index >= 15 is 0 Å². The van der Waals surface area contributed by atoms with E-state index in [0.717, 1.165) is 6.07 Å². The summed E-state index contributed by atoms with van der Waals surface area (Å²) in [5, 5.41) is 12.8. The molecule has 0 fully saturated rings. The number of hydrogen-bond donors (Lipinski definition) is 2. The predicted octanol–water partition coefficient (Wildman–Crippen LogP) is 6.91. The van der Waals surface area contributed by atoms with Crippen molar-refractivity contribution >= 4 is 34.9 Å². The molecule has 1 aliphatic heterocycles. The fourth-order valence-corrected chi connectivity index (χ4v) is 4.82. The van der Waals surface area contributed by atoms with Crippen LogP contribution in [0.15, 0.2) is 54.6 Å². The molecule has 41 heavy (non-hydrogen) atoms. The van der Waals surface area contributed by atoms with E-state index in [1.807, 2.05) is 0 Å². The van der Waals surface area contributed by atoms with E-state index in [-0.39, 0.29) is 30.8 Å². The number of anilines is 2. The lowest BCUT2D eigenvalue weighted by molar-refractivity contribution is -0.141. The van der Waals surface area contributed by atoms with Crippen molar-refractivity contribution in [1.82, 2.24) is 0 Å². The summed E-state index contributed by atoms with van der Waals surface area (Å²) in [5.41, 5.74) is 1.25. The Balaban J connectivity index is 1.66. The van der Waals surface area contributed by atoms with Crippen molar-refractivity contribution in [3.63, 3.8) is 0 Å². The lowest BCUT2D eigenvalue weighted by Gasteiger charge is -2.27. The Kier molecular flexibility index (Phi) is 9.01. The predicted molar refractivity (Wildman–Crippen MR) is 150 cm³/mol. The summed E-state index contributed by atoms with van der Waals surface area (Å²) < 4.78 is 52.3. The minimum absolute atomic E-state index is 0.111. The second-order valence-corrected chi connectivity index (χ2v) is 10.4. The minimum atomic E-state index is -4.55. The van der Waals surface area contributed by atoms with Gasteiger partial charge in [0.2, 0.25) is 0 Å². The molecule has 2 unspecified atom stereocenters. The highest BCUT2D eigenvalue weighted by Gasteiger charge is 2.37. The molecular formula is C30H30ClF3N2O5. The highest BCUT2D eigenvalue weighted by molar-refractivity contribution is 6.30. The van der Waals surface area contributed by atoms with Crippen LogP contribution in [0.25, 0.3) is 0 Å². The first-order chi connectivity index (χ1) is 19.4. The SMILES string of the molecule is COc1cc(NC(C(=O)N2CCc3cc(C)c(C(F)(F)F)cc32)c2ccc(Cl)cc2)cc(OCCC(C)C(=O)O)c1. The number of methoxy groups -OCH3 is 1. The smallest absolute Gasteiger partial charge is 0.416 e. The molecule has 0 saturated carbocycles. The van der Waals surface area contributed by atoms with Crippen molar-refractivity contribution in [2.75, 3.05) is 30.5 Å². The van der Waals surface area contributed by atoms with E-state index in [9.17, 15) is 22.8 Å². The number of nitrogens with zero attached hydrogens (tertiary/aromatic N) is 1. The minimum Gasteiger partial charge on any atom is -0.497 e. The number of amides is 1. The number of aliphatic carboxylic acids is 1. The molecule has 1 heterocycles. The second kappa shape index (κ2) is 12.3. The standard InChI is InChI=1S/C30H30ClF3N2O5/c1-17(29(38)39)9-11-41-24-14-22(13-23(15-24)40-3)35-27(19-4-6-21(31)7-5-19)28(37)36-10-8-20-12-18(2)25(16-26(20)36)30(32,33)34/h4-7,12-17,27,35H,8-11H2,1-3H3,(H,38,39). The van der Waals surface area contributed by atoms with Crippen LogP contribution in [0.1, 0.15) is 41.6 Å². The number of halogens is 4. The van der Waals surface area contributed by atoms with Gasteiger partial charge in [-0.2, -0.15) is 13.2 Å². The average molecular weight is 591 g/mol. The maximum Gasteiger partial charge on any atom is 0.416 e.